The molecule has 0 spiro atoms. The smallest absolute Gasteiger partial charge is 0.262 e. The number of nitrogens with one attached hydrogen (secondary N) is 1. The minimum atomic E-state index is -0.494. The first-order chi connectivity index (χ1) is 13.3. The van der Waals surface area contributed by atoms with Crippen molar-refractivity contribution >= 4 is 50.2 Å². The van der Waals surface area contributed by atoms with E-state index in [1.807, 2.05) is 19.9 Å². The third-order valence-electron chi connectivity index (χ3n) is 3.91. The van der Waals surface area contributed by atoms with E-state index in [2.05, 4.69) is 26.2 Å². The molecule has 5 nitrogen and oxygen atoms in total. The van der Waals surface area contributed by atoms with Crippen LogP contribution in [-0.2, 0) is 11.3 Å². The first-order valence-electron chi connectivity index (χ1n) is 8.72. The number of fused-ring (bicyclic) bond motifs is 1. The van der Waals surface area contributed by atoms with Gasteiger partial charge < -0.3 is 5.32 Å². The lowest BCUT2D eigenvalue weighted by atomic mass is 10.2. The topological polar surface area (TPSA) is 64.0 Å². The van der Waals surface area contributed by atoms with E-state index >= 15 is 0 Å². The van der Waals surface area contributed by atoms with Gasteiger partial charge in [0.1, 0.15) is 5.82 Å². The van der Waals surface area contributed by atoms with Gasteiger partial charge in [-0.3, -0.25) is 14.2 Å². The number of hydrogen-bond donors (Lipinski definition) is 1. The van der Waals surface area contributed by atoms with E-state index in [0.29, 0.717) is 22.6 Å². The monoisotopic (exact) mass is 463 g/mol. The van der Waals surface area contributed by atoms with Gasteiger partial charge in [0.2, 0.25) is 5.91 Å². The molecule has 1 amide bonds. The highest BCUT2D eigenvalue weighted by Crippen LogP contribution is 2.22. The first kappa shape index (κ1) is 20.5. The number of aromatic nitrogens is 2. The van der Waals surface area contributed by atoms with Crippen LogP contribution in [0, 0.1) is 11.7 Å². The average Bonchev–Trinajstić information content (AvgIpc) is 2.65. The number of hydrogen-bond acceptors (Lipinski definition) is 4. The number of anilines is 1. The minimum absolute atomic E-state index is 0.0148. The van der Waals surface area contributed by atoms with Crippen molar-refractivity contribution in [1.82, 2.24) is 9.55 Å². The lowest BCUT2D eigenvalue weighted by Gasteiger charge is -2.15. The van der Waals surface area contributed by atoms with Crippen molar-refractivity contribution in [2.75, 3.05) is 11.1 Å². The summed E-state index contributed by atoms with van der Waals surface area (Å²) in [7, 11) is 0. The second kappa shape index (κ2) is 8.87. The van der Waals surface area contributed by atoms with Crippen molar-refractivity contribution in [1.29, 1.82) is 0 Å². The molecule has 0 fully saturated rings. The van der Waals surface area contributed by atoms with E-state index in [0.717, 1.165) is 16.2 Å². The molecule has 0 saturated carbocycles. The summed E-state index contributed by atoms with van der Waals surface area (Å²) in [5.74, 6) is -0.611. The normalized spacial score (nSPS) is 11.2. The predicted octanol–water partition coefficient (Wildman–Crippen LogP) is 4.68. The number of para-hydroxylation sites is 1. The van der Waals surface area contributed by atoms with Gasteiger partial charge in [0.25, 0.3) is 5.56 Å². The zero-order chi connectivity index (χ0) is 20.3. The fourth-order valence-electron chi connectivity index (χ4n) is 2.69. The van der Waals surface area contributed by atoms with Gasteiger partial charge in [-0.1, -0.05) is 53.7 Å². The second-order valence-electron chi connectivity index (χ2n) is 6.68. The van der Waals surface area contributed by atoms with Crippen LogP contribution in [0.15, 0.2) is 56.9 Å². The summed E-state index contributed by atoms with van der Waals surface area (Å²) in [6, 6.07) is 11.3. The molecule has 3 rings (SSSR count). The van der Waals surface area contributed by atoms with Gasteiger partial charge in [0.05, 0.1) is 22.3 Å². The van der Waals surface area contributed by atoms with E-state index in [1.165, 1.54) is 12.1 Å². The Morgan fingerprint density at radius 1 is 1.29 bits per heavy atom. The lowest BCUT2D eigenvalue weighted by Crippen LogP contribution is -2.26. The molecule has 0 aliphatic rings. The molecule has 0 radical (unpaired) electrons. The van der Waals surface area contributed by atoms with Crippen molar-refractivity contribution in [3.05, 3.63) is 63.1 Å². The van der Waals surface area contributed by atoms with Crippen LogP contribution in [0.4, 0.5) is 10.1 Å². The van der Waals surface area contributed by atoms with Crippen molar-refractivity contribution in [2.45, 2.75) is 25.5 Å². The summed E-state index contributed by atoms with van der Waals surface area (Å²) < 4.78 is 16.1. The number of nitrogens with zero attached hydrogens (tertiary/aromatic N) is 2. The van der Waals surface area contributed by atoms with Gasteiger partial charge >= 0.3 is 0 Å². The summed E-state index contributed by atoms with van der Waals surface area (Å²) in [6.45, 7) is 4.51. The molecule has 1 aromatic heterocycles. The Morgan fingerprint density at radius 3 is 2.75 bits per heavy atom. The molecule has 0 bridgehead atoms. The van der Waals surface area contributed by atoms with Crippen LogP contribution < -0.4 is 10.9 Å². The Balaban J connectivity index is 1.87. The number of carbonyl (C=O) groups excluding carboxylic acids is 1. The maximum absolute atomic E-state index is 13.7. The quantitative estimate of drug-likeness (QED) is 0.425. The SMILES string of the molecule is CC(C)Cn1c(SCC(=O)Nc2ccccc2F)nc2ccc(Br)cc2c1=O. The number of amides is 1. The third-order valence-corrected chi connectivity index (χ3v) is 5.38. The second-order valence-corrected chi connectivity index (χ2v) is 8.54. The number of carbonyl (C=O) groups is 1. The minimum Gasteiger partial charge on any atom is -0.323 e. The zero-order valence-corrected chi connectivity index (χ0v) is 17.8. The number of thioether (sulfide) groups is 1. The molecular formula is C20H19BrFN3O2S. The zero-order valence-electron chi connectivity index (χ0n) is 15.4. The van der Waals surface area contributed by atoms with Gasteiger partial charge in [-0.05, 0) is 36.2 Å². The maximum Gasteiger partial charge on any atom is 0.262 e. The van der Waals surface area contributed by atoms with Crippen LogP contribution in [0.3, 0.4) is 0 Å². The fraction of sp³-hybridized carbons (Fsp3) is 0.250. The molecule has 8 heteroatoms. The van der Waals surface area contributed by atoms with Crippen molar-refractivity contribution in [3.8, 4) is 0 Å². The van der Waals surface area contributed by atoms with Gasteiger partial charge in [-0.25, -0.2) is 9.37 Å². The molecule has 0 atom stereocenters. The van der Waals surface area contributed by atoms with Crippen molar-refractivity contribution in [2.24, 2.45) is 5.92 Å². The highest BCUT2D eigenvalue weighted by molar-refractivity contribution is 9.10. The molecule has 2 aromatic carbocycles. The Hall–Kier alpha value is -2.19. The summed E-state index contributed by atoms with van der Waals surface area (Å²) in [4.78, 5) is 29.8. The molecule has 0 saturated heterocycles. The molecular weight excluding hydrogens is 445 g/mol. The van der Waals surface area contributed by atoms with E-state index < -0.39 is 5.82 Å². The average molecular weight is 464 g/mol. The Kier molecular flexibility index (Phi) is 6.51. The summed E-state index contributed by atoms with van der Waals surface area (Å²) in [5, 5.41) is 3.54. The summed E-state index contributed by atoms with van der Waals surface area (Å²) >= 11 is 4.54. The molecule has 3 aromatic rings. The van der Waals surface area contributed by atoms with Crippen molar-refractivity contribution < 1.29 is 9.18 Å². The van der Waals surface area contributed by atoms with E-state index in [4.69, 9.17) is 0 Å². The number of rotatable bonds is 6. The molecule has 146 valence electrons. The molecule has 0 aliphatic carbocycles. The van der Waals surface area contributed by atoms with Gasteiger partial charge in [-0.15, -0.1) is 0 Å². The molecule has 28 heavy (non-hydrogen) atoms. The van der Waals surface area contributed by atoms with Crippen LogP contribution >= 0.6 is 27.7 Å². The Bertz CT molecular complexity index is 1080. The van der Waals surface area contributed by atoms with E-state index in [9.17, 15) is 14.0 Å². The molecule has 1 N–H and O–H groups in total. The van der Waals surface area contributed by atoms with Crippen LogP contribution in [0.5, 0.6) is 0 Å². The van der Waals surface area contributed by atoms with E-state index in [-0.39, 0.29) is 28.8 Å². The Labute approximate surface area is 174 Å². The number of halogens is 2. The highest BCUT2D eigenvalue weighted by Gasteiger charge is 2.15. The van der Waals surface area contributed by atoms with Crippen molar-refractivity contribution in [3.63, 3.8) is 0 Å². The van der Waals surface area contributed by atoms with Gasteiger partial charge in [-0.2, -0.15) is 0 Å². The van der Waals surface area contributed by atoms with Crippen LogP contribution in [0.2, 0.25) is 0 Å². The lowest BCUT2D eigenvalue weighted by molar-refractivity contribution is -0.113. The summed E-state index contributed by atoms with van der Waals surface area (Å²) in [6.07, 6.45) is 0. The van der Waals surface area contributed by atoms with Crippen LogP contribution in [0.1, 0.15) is 13.8 Å². The highest BCUT2D eigenvalue weighted by atomic mass is 79.9. The Morgan fingerprint density at radius 2 is 2.04 bits per heavy atom. The fourth-order valence-corrected chi connectivity index (χ4v) is 3.86. The van der Waals surface area contributed by atoms with Gasteiger partial charge in [0.15, 0.2) is 5.16 Å². The van der Waals surface area contributed by atoms with Crippen LogP contribution in [-0.4, -0.2) is 21.2 Å². The van der Waals surface area contributed by atoms with Gasteiger partial charge in [0, 0.05) is 11.0 Å². The summed E-state index contributed by atoms with van der Waals surface area (Å²) in [5.41, 5.74) is 0.561. The predicted molar refractivity (Wildman–Crippen MR) is 114 cm³/mol. The number of benzene rings is 2. The largest absolute Gasteiger partial charge is 0.323 e. The molecule has 0 unspecified atom stereocenters. The maximum atomic E-state index is 13.7. The van der Waals surface area contributed by atoms with E-state index in [1.54, 1.807) is 28.8 Å². The first-order valence-corrected chi connectivity index (χ1v) is 10.5. The van der Waals surface area contributed by atoms with Crippen LogP contribution in [0.25, 0.3) is 10.9 Å². The standard InChI is InChI=1S/C20H19BrFN3O2S/c1-12(2)10-25-19(27)14-9-13(21)7-8-16(14)24-20(25)28-11-18(26)23-17-6-4-3-5-15(17)22/h3-9,12H,10-11H2,1-2H3,(H,23,26). The molecule has 0 aliphatic heterocycles. The third kappa shape index (κ3) is 4.80. The molecule has 1 heterocycles.